The first-order valence-corrected chi connectivity index (χ1v) is 7.60. The molecule has 1 aliphatic carbocycles. The van der Waals surface area contributed by atoms with Gasteiger partial charge in [0.2, 0.25) is 0 Å². The van der Waals surface area contributed by atoms with Crippen molar-refractivity contribution < 1.29 is 4.74 Å². The van der Waals surface area contributed by atoms with E-state index in [1.165, 1.54) is 12.8 Å². The number of hydrogen-bond donors (Lipinski definition) is 1. The highest BCUT2D eigenvalue weighted by Crippen LogP contribution is 2.39. The number of nitrogens with one attached hydrogen (secondary N) is 1. The molecule has 1 saturated heterocycles. The minimum Gasteiger partial charge on any atom is -0.379 e. The summed E-state index contributed by atoms with van der Waals surface area (Å²) >= 11 is 1.82. The smallest absolute Gasteiger partial charge is 0.135 e. The highest BCUT2D eigenvalue weighted by atomic mass is 32.2. The maximum Gasteiger partial charge on any atom is 0.135 e. The van der Waals surface area contributed by atoms with Gasteiger partial charge in [-0.25, -0.2) is 9.97 Å². The largest absolute Gasteiger partial charge is 0.379 e. The maximum atomic E-state index is 5.21. The van der Waals surface area contributed by atoms with Gasteiger partial charge in [-0.2, -0.15) is 0 Å². The molecule has 5 heteroatoms. The van der Waals surface area contributed by atoms with Gasteiger partial charge in [0.25, 0.3) is 0 Å². The minimum atomic E-state index is 0.575. The molecule has 2 aliphatic rings. The van der Waals surface area contributed by atoms with Crippen LogP contribution in [0.1, 0.15) is 37.9 Å². The lowest BCUT2D eigenvalue weighted by Gasteiger charge is -2.24. The number of nitrogens with zero attached hydrogens (tertiary/aromatic N) is 2. The third-order valence-electron chi connectivity index (χ3n) is 3.11. The van der Waals surface area contributed by atoms with Crippen molar-refractivity contribution in [3.63, 3.8) is 0 Å². The van der Waals surface area contributed by atoms with E-state index in [1.54, 1.807) is 0 Å². The number of ether oxygens (including phenoxy) is 1. The van der Waals surface area contributed by atoms with Crippen LogP contribution in [0.25, 0.3) is 0 Å². The van der Waals surface area contributed by atoms with Crippen LogP contribution in [0.2, 0.25) is 0 Å². The summed E-state index contributed by atoms with van der Waals surface area (Å²) in [6.07, 6.45) is 3.60. The van der Waals surface area contributed by atoms with Crippen molar-refractivity contribution in [3.8, 4) is 0 Å². The van der Waals surface area contributed by atoms with Gasteiger partial charge in [0.15, 0.2) is 0 Å². The van der Waals surface area contributed by atoms with Gasteiger partial charge in [0.05, 0.1) is 18.5 Å². The van der Waals surface area contributed by atoms with Gasteiger partial charge in [-0.3, -0.25) is 0 Å². The Labute approximate surface area is 112 Å². The SMILES string of the molecule is CCCNc1cc(SC2COC2)nc(C2CC2)n1. The summed E-state index contributed by atoms with van der Waals surface area (Å²) in [4.78, 5) is 9.30. The lowest BCUT2D eigenvalue weighted by atomic mass is 10.4. The average Bonchev–Trinajstić information content (AvgIpc) is 3.15. The molecule has 0 spiro atoms. The van der Waals surface area contributed by atoms with Gasteiger partial charge in [0.1, 0.15) is 16.7 Å². The molecule has 0 atom stereocenters. The van der Waals surface area contributed by atoms with E-state index in [-0.39, 0.29) is 0 Å². The zero-order valence-corrected chi connectivity index (χ0v) is 11.5. The highest BCUT2D eigenvalue weighted by molar-refractivity contribution is 8.00. The first kappa shape index (κ1) is 12.2. The fourth-order valence-corrected chi connectivity index (χ4v) is 2.82. The summed E-state index contributed by atoms with van der Waals surface area (Å²) in [6.45, 7) is 4.84. The molecule has 3 rings (SSSR count). The van der Waals surface area contributed by atoms with Crippen LogP contribution in [0.4, 0.5) is 5.82 Å². The van der Waals surface area contributed by atoms with Crippen LogP contribution >= 0.6 is 11.8 Å². The fraction of sp³-hybridized carbons (Fsp3) is 0.692. The van der Waals surface area contributed by atoms with E-state index in [4.69, 9.17) is 4.74 Å². The van der Waals surface area contributed by atoms with E-state index in [1.807, 2.05) is 11.8 Å². The number of rotatable bonds is 6. The second-order valence-electron chi connectivity index (χ2n) is 4.93. The van der Waals surface area contributed by atoms with E-state index in [0.717, 1.165) is 42.8 Å². The molecule has 1 aromatic heterocycles. The lowest BCUT2D eigenvalue weighted by Crippen LogP contribution is -2.30. The zero-order chi connectivity index (χ0) is 12.4. The molecule has 1 aliphatic heterocycles. The summed E-state index contributed by atoms with van der Waals surface area (Å²) in [6, 6.07) is 2.07. The molecule has 2 heterocycles. The Morgan fingerprint density at radius 3 is 2.83 bits per heavy atom. The van der Waals surface area contributed by atoms with Crippen molar-refractivity contribution in [1.29, 1.82) is 0 Å². The summed E-state index contributed by atoms with van der Waals surface area (Å²) in [5.74, 6) is 2.61. The third-order valence-corrected chi connectivity index (χ3v) is 4.17. The summed E-state index contributed by atoms with van der Waals surface area (Å²) in [5, 5.41) is 5.04. The Balaban J connectivity index is 1.74. The molecule has 0 unspecified atom stereocenters. The average molecular weight is 265 g/mol. The predicted octanol–water partition coefficient (Wildman–Crippen LogP) is 2.67. The van der Waals surface area contributed by atoms with Crippen molar-refractivity contribution in [2.75, 3.05) is 25.1 Å². The molecule has 0 amide bonds. The van der Waals surface area contributed by atoms with E-state index in [9.17, 15) is 0 Å². The Hall–Kier alpha value is -0.810. The van der Waals surface area contributed by atoms with E-state index < -0.39 is 0 Å². The number of aromatic nitrogens is 2. The molecule has 2 fully saturated rings. The fourth-order valence-electron chi connectivity index (χ4n) is 1.82. The van der Waals surface area contributed by atoms with Crippen molar-refractivity contribution in [2.45, 2.75) is 42.4 Å². The van der Waals surface area contributed by atoms with Gasteiger partial charge in [-0.15, -0.1) is 0 Å². The van der Waals surface area contributed by atoms with Crippen LogP contribution in [0.5, 0.6) is 0 Å². The minimum absolute atomic E-state index is 0.575. The van der Waals surface area contributed by atoms with Gasteiger partial charge in [0, 0.05) is 18.5 Å². The van der Waals surface area contributed by atoms with Crippen molar-refractivity contribution in [1.82, 2.24) is 9.97 Å². The molecule has 1 N–H and O–H groups in total. The molecule has 0 radical (unpaired) electrons. The number of thioether (sulfide) groups is 1. The van der Waals surface area contributed by atoms with E-state index in [2.05, 4.69) is 28.3 Å². The second kappa shape index (κ2) is 5.45. The van der Waals surface area contributed by atoms with Crippen LogP contribution < -0.4 is 5.32 Å². The maximum absolute atomic E-state index is 5.21. The molecule has 18 heavy (non-hydrogen) atoms. The molecular formula is C13H19N3OS. The van der Waals surface area contributed by atoms with Crippen LogP contribution in [0.3, 0.4) is 0 Å². The molecule has 1 saturated carbocycles. The van der Waals surface area contributed by atoms with Crippen LogP contribution in [-0.4, -0.2) is 35.0 Å². The van der Waals surface area contributed by atoms with Crippen LogP contribution in [-0.2, 0) is 4.74 Å². The Morgan fingerprint density at radius 1 is 1.39 bits per heavy atom. The normalized spacial score (nSPS) is 19.6. The van der Waals surface area contributed by atoms with E-state index >= 15 is 0 Å². The second-order valence-corrected chi connectivity index (χ2v) is 6.25. The van der Waals surface area contributed by atoms with Crippen LogP contribution in [0.15, 0.2) is 11.1 Å². The Bertz CT molecular complexity index is 419. The quantitative estimate of drug-likeness (QED) is 0.801. The standard InChI is InChI=1S/C13H19N3OS/c1-2-5-14-11-6-12(18-10-7-17-8-10)16-13(15-11)9-3-4-9/h6,9-10H,2-5,7-8H2,1H3,(H,14,15,16). The first-order valence-electron chi connectivity index (χ1n) is 6.72. The topological polar surface area (TPSA) is 47.0 Å². The van der Waals surface area contributed by atoms with E-state index in [0.29, 0.717) is 11.2 Å². The van der Waals surface area contributed by atoms with Gasteiger partial charge >= 0.3 is 0 Å². The summed E-state index contributed by atoms with van der Waals surface area (Å²) < 4.78 is 5.21. The third kappa shape index (κ3) is 2.95. The Kier molecular flexibility index (Phi) is 3.70. The summed E-state index contributed by atoms with van der Waals surface area (Å²) in [5.41, 5.74) is 0. The van der Waals surface area contributed by atoms with Crippen molar-refractivity contribution in [3.05, 3.63) is 11.9 Å². The predicted molar refractivity (Wildman–Crippen MR) is 73.3 cm³/mol. The van der Waals surface area contributed by atoms with Crippen molar-refractivity contribution >= 4 is 17.6 Å². The molecule has 98 valence electrons. The molecule has 1 aromatic rings. The highest BCUT2D eigenvalue weighted by Gasteiger charge is 2.28. The molecule has 0 aromatic carbocycles. The summed E-state index contributed by atoms with van der Waals surface area (Å²) in [7, 11) is 0. The monoisotopic (exact) mass is 265 g/mol. The first-order chi connectivity index (χ1) is 8.85. The molecule has 4 nitrogen and oxygen atoms in total. The van der Waals surface area contributed by atoms with Gasteiger partial charge in [-0.05, 0) is 19.3 Å². The number of hydrogen-bond acceptors (Lipinski definition) is 5. The zero-order valence-electron chi connectivity index (χ0n) is 10.7. The molecule has 0 bridgehead atoms. The number of anilines is 1. The van der Waals surface area contributed by atoms with Crippen LogP contribution in [0, 0.1) is 0 Å². The van der Waals surface area contributed by atoms with Crippen molar-refractivity contribution in [2.24, 2.45) is 0 Å². The molecular weight excluding hydrogens is 246 g/mol. The lowest BCUT2D eigenvalue weighted by molar-refractivity contribution is 0.0454. The van der Waals surface area contributed by atoms with Gasteiger partial charge < -0.3 is 10.1 Å². The van der Waals surface area contributed by atoms with Gasteiger partial charge in [-0.1, -0.05) is 18.7 Å². The Morgan fingerprint density at radius 2 is 2.22 bits per heavy atom.